The van der Waals surface area contributed by atoms with Crippen molar-refractivity contribution in [3.05, 3.63) is 0 Å². The standard InChI is InChI=1S/C9H16N2O4S/c1-9(2)7(12)10-8(13)11(9)5-4-6-16(3,14)15/h4-6H2,1-3H3,(H,10,12,13). The molecule has 1 aliphatic rings. The first-order chi connectivity index (χ1) is 7.14. The van der Waals surface area contributed by atoms with Gasteiger partial charge in [0, 0.05) is 12.8 Å². The smallest absolute Gasteiger partial charge is 0.310 e. The fraction of sp³-hybridized carbons (Fsp3) is 0.778. The summed E-state index contributed by atoms with van der Waals surface area (Å²) in [5.74, 6) is -0.335. The van der Waals surface area contributed by atoms with Gasteiger partial charge in [-0.3, -0.25) is 10.1 Å². The molecule has 0 aliphatic carbocycles. The summed E-state index contributed by atoms with van der Waals surface area (Å²) in [6.07, 6.45) is 1.48. The molecule has 0 aromatic heterocycles. The summed E-state index contributed by atoms with van der Waals surface area (Å²) in [5.41, 5.74) is -0.894. The molecule has 0 bridgehead atoms. The number of nitrogens with zero attached hydrogens (tertiary/aromatic N) is 1. The zero-order valence-electron chi connectivity index (χ0n) is 9.61. The maximum atomic E-state index is 11.4. The lowest BCUT2D eigenvalue weighted by atomic mass is 10.0. The molecular weight excluding hydrogens is 232 g/mol. The van der Waals surface area contributed by atoms with Gasteiger partial charge in [-0.2, -0.15) is 0 Å². The van der Waals surface area contributed by atoms with E-state index in [0.29, 0.717) is 6.42 Å². The summed E-state index contributed by atoms with van der Waals surface area (Å²) in [5, 5.41) is 2.20. The van der Waals surface area contributed by atoms with Gasteiger partial charge in [-0.25, -0.2) is 13.2 Å². The van der Waals surface area contributed by atoms with Gasteiger partial charge in [0.1, 0.15) is 15.4 Å². The number of rotatable bonds is 4. The number of amides is 3. The molecule has 6 nitrogen and oxygen atoms in total. The number of urea groups is 1. The highest BCUT2D eigenvalue weighted by atomic mass is 32.2. The SMILES string of the molecule is CC1(C)C(=O)NC(=O)N1CCCS(C)(=O)=O. The van der Waals surface area contributed by atoms with Crippen LogP contribution in [0.3, 0.4) is 0 Å². The lowest BCUT2D eigenvalue weighted by Crippen LogP contribution is -2.44. The third-order valence-corrected chi connectivity index (χ3v) is 3.62. The molecule has 0 spiro atoms. The van der Waals surface area contributed by atoms with E-state index in [1.807, 2.05) is 0 Å². The monoisotopic (exact) mass is 248 g/mol. The predicted octanol–water partition coefficient (Wildman–Crippen LogP) is -0.248. The van der Waals surface area contributed by atoms with Gasteiger partial charge < -0.3 is 4.90 Å². The third kappa shape index (κ3) is 2.72. The molecule has 1 fully saturated rings. The molecule has 1 aliphatic heterocycles. The van der Waals surface area contributed by atoms with Gasteiger partial charge in [-0.1, -0.05) is 0 Å². The van der Waals surface area contributed by atoms with E-state index in [4.69, 9.17) is 0 Å². The van der Waals surface area contributed by atoms with E-state index in [0.717, 1.165) is 6.26 Å². The average molecular weight is 248 g/mol. The second-order valence-electron chi connectivity index (χ2n) is 4.45. The van der Waals surface area contributed by atoms with E-state index in [-0.39, 0.29) is 18.2 Å². The minimum absolute atomic E-state index is 0.0149. The lowest BCUT2D eigenvalue weighted by Gasteiger charge is -2.27. The van der Waals surface area contributed by atoms with Crippen LogP contribution in [0.15, 0.2) is 0 Å². The molecule has 0 unspecified atom stereocenters. The number of hydrogen-bond acceptors (Lipinski definition) is 4. The Bertz CT molecular complexity index is 413. The molecule has 3 amide bonds. The van der Waals surface area contributed by atoms with Crippen molar-refractivity contribution in [2.24, 2.45) is 0 Å². The Hall–Kier alpha value is -1.11. The molecule has 16 heavy (non-hydrogen) atoms. The van der Waals surface area contributed by atoms with Crippen molar-refractivity contribution < 1.29 is 18.0 Å². The number of carbonyl (C=O) groups is 2. The first-order valence-electron chi connectivity index (χ1n) is 4.95. The van der Waals surface area contributed by atoms with E-state index >= 15 is 0 Å². The zero-order chi connectivity index (χ0) is 12.6. The van der Waals surface area contributed by atoms with Crippen molar-refractivity contribution >= 4 is 21.8 Å². The van der Waals surface area contributed by atoms with Gasteiger partial charge in [0.2, 0.25) is 0 Å². The molecule has 1 heterocycles. The molecule has 0 atom stereocenters. The average Bonchev–Trinajstić information content (AvgIpc) is 2.26. The van der Waals surface area contributed by atoms with Crippen molar-refractivity contribution in [3.8, 4) is 0 Å². The highest BCUT2D eigenvalue weighted by Gasteiger charge is 2.44. The lowest BCUT2D eigenvalue weighted by molar-refractivity contribution is -0.125. The van der Waals surface area contributed by atoms with Crippen molar-refractivity contribution in [2.75, 3.05) is 18.6 Å². The fourth-order valence-corrected chi connectivity index (χ4v) is 2.21. The van der Waals surface area contributed by atoms with Gasteiger partial charge in [0.15, 0.2) is 0 Å². The Morgan fingerprint density at radius 2 is 1.88 bits per heavy atom. The second-order valence-corrected chi connectivity index (χ2v) is 6.71. The fourth-order valence-electron chi connectivity index (χ4n) is 1.56. The highest BCUT2D eigenvalue weighted by molar-refractivity contribution is 7.90. The molecule has 1 saturated heterocycles. The van der Waals surface area contributed by atoms with Crippen molar-refractivity contribution in [1.29, 1.82) is 0 Å². The summed E-state index contributed by atoms with van der Waals surface area (Å²) < 4.78 is 21.9. The maximum absolute atomic E-state index is 11.4. The third-order valence-electron chi connectivity index (χ3n) is 2.59. The van der Waals surface area contributed by atoms with Crippen LogP contribution in [0.4, 0.5) is 4.79 Å². The largest absolute Gasteiger partial charge is 0.324 e. The van der Waals surface area contributed by atoms with Crippen LogP contribution in [0.5, 0.6) is 0 Å². The Morgan fingerprint density at radius 1 is 1.31 bits per heavy atom. The van der Waals surface area contributed by atoms with Crippen LogP contribution in [0.1, 0.15) is 20.3 Å². The van der Waals surface area contributed by atoms with Crippen LogP contribution >= 0.6 is 0 Å². The zero-order valence-corrected chi connectivity index (χ0v) is 10.4. The predicted molar refractivity (Wildman–Crippen MR) is 58.7 cm³/mol. The Balaban J connectivity index is 2.61. The molecule has 1 rings (SSSR count). The van der Waals surface area contributed by atoms with Crippen LogP contribution in [0, 0.1) is 0 Å². The van der Waals surface area contributed by atoms with E-state index < -0.39 is 21.4 Å². The Labute approximate surface area is 94.9 Å². The number of sulfone groups is 1. The minimum atomic E-state index is -3.03. The Kier molecular flexibility index (Phi) is 3.27. The van der Waals surface area contributed by atoms with E-state index in [1.54, 1.807) is 13.8 Å². The molecule has 0 radical (unpaired) electrons. The second kappa shape index (κ2) is 4.04. The highest BCUT2D eigenvalue weighted by Crippen LogP contribution is 2.20. The molecule has 1 N–H and O–H groups in total. The van der Waals surface area contributed by atoms with Gasteiger partial charge >= 0.3 is 6.03 Å². The number of carbonyl (C=O) groups excluding carboxylic acids is 2. The van der Waals surface area contributed by atoms with Crippen molar-refractivity contribution in [1.82, 2.24) is 10.2 Å². The van der Waals surface area contributed by atoms with Gasteiger partial charge in [0.05, 0.1) is 5.75 Å². The summed E-state index contributed by atoms with van der Waals surface area (Å²) in [4.78, 5) is 24.1. The van der Waals surface area contributed by atoms with Crippen molar-refractivity contribution in [3.63, 3.8) is 0 Å². The number of imide groups is 1. The van der Waals surface area contributed by atoms with E-state index in [2.05, 4.69) is 5.32 Å². The molecule has 7 heteroatoms. The van der Waals surface area contributed by atoms with Gasteiger partial charge in [-0.15, -0.1) is 0 Å². The van der Waals surface area contributed by atoms with E-state index in [1.165, 1.54) is 4.90 Å². The molecule has 0 aromatic rings. The van der Waals surface area contributed by atoms with Crippen molar-refractivity contribution in [2.45, 2.75) is 25.8 Å². The minimum Gasteiger partial charge on any atom is -0.310 e. The molecular formula is C9H16N2O4S. The Morgan fingerprint density at radius 3 is 2.25 bits per heavy atom. The normalized spacial score (nSPS) is 20.1. The van der Waals surface area contributed by atoms with Gasteiger partial charge in [0.25, 0.3) is 5.91 Å². The summed E-state index contributed by atoms with van der Waals surface area (Å²) in [6.45, 7) is 3.53. The first kappa shape index (κ1) is 13.0. The molecule has 0 aromatic carbocycles. The van der Waals surface area contributed by atoms with Crippen LogP contribution < -0.4 is 5.32 Å². The van der Waals surface area contributed by atoms with Crippen LogP contribution in [0.2, 0.25) is 0 Å². The quantitative estimate of drug-likeness (QED) is 0.695. The molecule has 92 valence electrons. The maximum Gasteiger partial charge on any atom is 0.324 e. The van der Waals surface area contributed by atoms with Gasteiger partial charge in [-0.05, 0) is 20.3 Å². The van der Waals surface area contributed by atoms with E-state index in [9.17, 15) is 18.0 Å². The van der Waals surface area contributed by atoms with Crippen LogP contribution in [-0.2, 0) is 14.6 Å². The summed E-state index contributed by atoms with van der Waals surface area (Å²) >= 11 is 0. The number of nitrogens with one attached hydrogen (secondary N) is 1. The topological polar surface area (TPSA) is 83.6 Å². The first-order valence-corrected chi connectivity index (χ1v) is 7.01. The van der Waals surface area contributed by atoms with Crippen LogP contribution in [0.25, 0.3) is 0 Å². The molecule has 0 saturated carbocycles. The number of hydrogen-bond donors (Lipinski definition) is 1. The summed E-state index contributed by atoms with van der Waals surface area (Å²) in [6, 6.07) is -0.455. The van der Waals surface area contributed by atoms with Crippen LogP contribution in [-0.4, -0.2) is 49.3 Å². The summed E-state index contributed by atoms with van der Waals surface area (Å²) in [7, 11) is -3.03.